The van der Waals surface area contributed by atoms with Crippen molar-refractivity contribution in [3.63, 3.8) is 0 Å². The highest BCUT2D eigenvalue weighted by Crippen LogP contribution is 2.29. The van der Waals surface area contributed by atoms with Gasteiger partial charge in [0.1, 0.15) is 17.3 Å². The van der Waals surface area contributed by atoms with Crippen molar-refractivity contribution in [3.8, 4) is 11.8 Å². The van der Waals surface area contributed by atoms with E-state index in [1.54, 1.807) is 23.1 Å². The smallest absolute Gasteiger partial charge is 0.274 e. The number of nitrogens with one attached hydrogen (secondary N) is 2. The normalized spacial score (nSPS) is 17.0. The van der Waals surface area contributed by atoms with Gasteiger partial charge in [0, 0.05) is 63.7 Å². The van der Waals surface area contributed by atoms with Crippen LogP contribution < -0.4 is 15.5 Å². The fourth-order valence-electron chi connectivity index (χ4n) is 5.34. The molecule has 1 aromatic heterocycles. The number of carbonyl (C=O) groups excluding carboxylic acids is 2. The first-order valence-corrected chi connectivity index (χ1v) is 14.1. The van der Waals surface area contributed by atoms with Gasteiger partial charge in [0.25, 0.3) is 5.91 Å². The summed E-state index contributed by atoms with van der Waals surface area (Å²) in [6.07, 6.45) is 3.62. The largest absolute Gasteiger partial charge is 0.508 e. The van der Waals surface area contributed by atoms with Crippen LogP contribution in [0, 0.1) is 17.2 Å². The molecule has 3 N–H and O–H groups in total. The van der Waals surface area contributed by atoms with Crippen molar-refractivity contribution in [1.29, 1.82) is 5.26 Å². The van der Waals surface area contributed by atoms with Crippen LogP contribution in [-0.2, 0) is 4.79 Å². The molecule has 42 heavy (non-hydrogen) atoms. The Morgan fingerprint density at radius 2 is 1.88 bits per heavy atom. The van der Waals surface area contributed by atoms with Crippen LogP contribution in [0.4, 0.5) is 17.5 Å². The van der Waals surface area contributed by atoms with Crippen LogP contribution >= 0.6 is 0 Å². The van der Waals surface area contributed by atoms with Gasteiger partial charge in [-0.3, -0.25) is 9.59 Å². The molecule has 2 saturated heterocycles. The molecule has 0 spiro atoms. The van der Waals surface area contributed by atoms with Crippen LogP contribution in [0.1, 0.15) is 30.3 Å². The molecule has 0 bridgehead atoms. The number of rotatable bonds is 7. The van der Waals surface area contributed by atoms with Gasteiger partial charge in [-0.2, -0.15) is 10.2 Å². The second kappa shape index (κ2) is 14.3. The van der Waals surface area contributed by atoms with E-state index >= 15 is 0 Å². The number of piperidine rings is 1. The summed E-state index contributed by atoms with van der Waals surface area (Å²) in [6.45, 7) is 10.1. The Bertz CT molecular complexity index is 1460. The summed E-state index contributed by atoms with van der Waals surface area (Å²) >= 11 is 0. The molecule has 1 atom stereocenters. The van der Waals surface area contributed by atoms with E-state index in [0.717, 1.165) is 36.7 Å². The Balaban J connectivity index is 0.00000129. The summed E-state index contributed by atoms with van der Waals surface area (Å²) in [5, 5.41) is 25.5. The number of piperazine rings is 1. The summed E-state index contributed by atoms with van der Waals surface area (Å²) in [5.74, 6) is 1.09. The summed E-state index contributed by atoms with van der Waals surface area (Å²) < 4.78 is 0. The van der Waals surface area contributed by atoms with Gasteiger partial charge >= 0.3 is 0 Å². The summed E-state index contributed by atoms with van der Waals surface area (Å²) in [4.78, 5) is 41.0. The Labute approximate surface area is 246 Å². The van der Waals surface area contributed by atoms with E-state index in [4.69, 9.17) is 10.2 Å². The van der Waals surface area contributed by atoms with Crippen molar-refractivity contribution in [1.82, 2.24) is 19.8 Å². The lowest BCUT2D eigenvalue weighted by molar-refractivity contribution is -0.126. The summed E-state index contributed by atoms with van der Waals surface area (Å²) in [6, 6.07) is 14.2. The Morgan fingerprint density at radius 3 is 2.60 bits per heavy atom. The number of benzene rings is 2. The molecule has 1 unspecified atom stereocenters. The maximum Gasteiger partial charge on any atom is 0.274 e. The Kier molecular flexibility index (Phi) is 10.3. The monoisotopic (exact) mass is 570 g/mol. The molecule has 2 aliphatic rings. The summed E-state index contributed by atoms with van der Waals surface area (Å²) in [5.41, 5.74) is 0.729. The Hall–Kier alpha value is -4.69. The number of fused-ring (bicyclic) bond motifs is 1. The number of carbonyl (C=O) groups is 2. The number of amides is 2. The third-order valence-corrected chi connectivity index (χ3v) is 7.40. The van der Waals surface area contributed by atoms with Gasteiger partial charge in [-0.1, -0.05) is 30.8 Å². The van der Waals surface area contributed by atoms with E-state index < -0.39 is 5.91 Å². The number of hydrogen-bond donors (Lipinski definition) is 3. The zero-order chi connectivity index (χ0) is 30.1. The minimum Gasteiger partial charge on any atom is -0.508 e. The van der Waals surface area contributed by atoms with E-state index in [1.807, 2.05) is 24.3 Å². The topological polar surface area (TPSA) is 138 Å². The SMILES string of the molecule is C=CC(=O)N1CCN(c2cc(C(=O)Nc3cc(O)cc4ccccc34)nc(NCC3CCCN(C)C3)n2)CC1.CC#N. The molecular formula is C31H38N8O3. The minimum absolute atomic E-state index is 0.0686. The first kappa shape index (κ1) is 30.3. The number of aromatic nitrogens is 2. The number of nitrogens with zero attached hydrogens (tertiary/aromatic N) is 6. The van der Waals surface area contributed by atoms with Gasteiger partial charge in [0.2, 0.25) is 11.9 Å². The maximum atomic E-state index is 13.5. The van der Waals surface area contributed by atoms with Crippen LogP contribution in [0.3, 0.4) is 0 Å². The zero-order valence-corrected chi connectivity index (χ0v) is 24.2. The minimum atomic E-state index is -0.393. The van der Waals surface area contributed by atoms with Crippen LogP contribution in [-0.4, -0.2) is 89.5 Å². The maximum absolute atomic E-state index is 13.5. The van der Waals surface area contributed by atoms with Crippen LogP contribution in [0.2, 0.25) is 0 Å². The zero-order valence-electron chi connectivity index (χ0n) is 24.2. The predicted molar refractivity (Wildman–Crippen MR) is 165 cm³/mol. The fourth-order valence-corrected chi connectivity index (χ4v) is 5.34. The summed E-state index contributed by atoms with van der Waals surface area (Å²) in [7, 11) is 2.13. The van der Waals surface area contributed by atoms with Gasteiger partial charge in [-0.15, -0.1) is 0 Å². The third kappa shape index (κ3) is 7.73. The van der Waals surface area contributed by atoms with Gasteiger partial charge < -0.3 is 30.4 Å². The molecule has 2 aliphatic heterocycles. The average molecular weight is 571 g/mol. The van der Waals surface area contributed by atoms with Crippen LogP contribution in [0.5, 0.6) is 5.75 Å². The molecular weight excluding hydrogens is 532 g/mol. The highest BCUT2D eigenvalue weighted by Gasteiger charge is 2.24. The van der Waals surface area contributed by atoms with Gasteiger partial charge in [0.15, 0.2) is 0 Å². The molecule has 5 rings (SSSR count). The van der Waals surface area contributed by atoms with E-state index in [-0.39, 0.29) is 17.4 Å². The van der Waals surface area contributed by atoms with E-state index in [9.17, 15) is 14.7 Å². The lowest BCUT2D eigenvalue weighted by Crippen LogP contribution is -2.48. The van der Waals surface area contributed by atoms with Crippen molar-refractivity contribution >= 4 is 40.0 Å². The highest BCUT2D eigenvalue weighted by atomic mass is 16.3. The number of phenols is 1. The number of nitriles is 1. The van der Waals surface area contributed by atoms with Crippen LogP contribution in [0.25, 0.3) is 10.8 Å². The molecule has 11 nitrogen and oxygen atoms in total. The Morgan fingerprint density at radius 1 is 1.14 bits per heavy atom. The number of anilines is 3. The first-order valence-electron chi connectivity index (χ1n) is 14.1. The fraction of sp³-hybridized carbons (Fsp3) is 0.387. The lowest BCUT2D eigenvalue weighted by Gasteiger charge is -2.35. The van der Waals surface area contributed by atoms with Gasteiger partial charge in [-0.25, -0.2) is 4.98 Å². The van der Waals surface area contributed by atoms with Gasteiger partial charge in [0.05, 0.1) is 11.8 Å². The second-order valence-corrected chi connectivity index (χ2v) is 10.5. The molecule has 3 aromatic rings. The quantitative estimate of drug-likeness (QED) is 0.363. The van der Waals surface area contributed by atoms with Crippen molar-refractivity contribution in [2.24, 2.45) is 5.92 Å². The molecule has 0 radical (unpaired) electrons. The van der Waals surface area contributed by atoms with Crippen molar-refractivity contribution in [2.45, 2.75) is 19.8 Å². The highest BCUT2D eigenvalue weighted by molar-refractivity contribution is 6.09. The van der Waals surface area contributed by atoms with E-state index in [1.165, 1.54) is 19.1 Å². The van der Waals surface area contributed by atoms with Crippen molar-refractivity contribution in [3.05, 3.63) is 60.8 Å². The first-order chi connectivity index (χ1) is 20.3. The third-order valence-electron chi connectivity index (χ3n) is 7.40. The number of phenolic OH excluding ortho intramolecular Hbond substituents is 1. The predicted octanol–water partition coefficient (Wildman–Crippen LogP) is 3.71. The van der Waals surface area contributed by atoms with Gasteiger partial charge in [-0.05, 0) is 49.9 Å². The van der Waals surface area contributed by atoms with Crippen molar-refractivity contribution in [2.75, 3.05) is 68.4 Å². The molecule has 11 heteroatoms. The average Bonchev–Trinajstić information content (AvgIpc) is 3.00. The number of likely N-dealkylation sites (tertiary alicyclic amines) is 1. The van der Waals surface area contributed by atoms with E-state index in [0.29, 0.717) is 56.1 Å². The van der Waals surface area contributed by atoms with Crippen LogP contribution in [0.15, 0.2) is 55.1 Å². The molecule has 3 heterocycles. The molecule has 220 valence electrons. The number of aromatic hydroxyl groups is 1. The lowest BCUT2D eigenvalue weighted by atomic mass is 9.99. The molecule has 2 fully saturated rings. The van der Waals surface area contributed by atoms with Crippen molar-refractivity contribution < 1.29 is 14.7 Å². The molecule has 2 amide bonds. The molecule has 0 saturated carbocycles. The standard InChI is InChI=1S/C29H35N7O3.C2H3N/c1-3-27(38)36-13-11-35(12-14-36)26-17-25(32-29(33-26)30-18-20-7-6-10-34(2)19-20)28(39)31-24-16-22(37)15-21-8-4-5-9-23(21)24;1-2-3/h3-5,8-9,15-17,20,37H,1,6-7,10-14,18-19H2,2H3,(H,31,39)(H,30,32,33);1H3. The molecule has 2 aromatic carbocycles. The van der Waals surface area contributed by atoms with E-state index in [2.05, 4.69) is 39.0 Å². The number of hydrogen-bond acceptors (Lipinski definition) is 9. The second-order valence-electron chi connectivity index (χ2n) is 10.5. The molecule has 0 aliphatic carbocycles.